The molecule has 0 bridgehead atoms. The molecule has 0 radical (unpaired) electrons. The highest BCUT2D eigenvalue weighted by atomic mass is 16.6. The van der Waals surface area contributed by atoms with Crippen molar-refractivity contribution in [1.29, 1.82) is 0 Å². The first-order chi connectivity index (χ1) is 22.8. The predicted molar refractivity (Wildman–Crippen MR) is 173 cm³/mol. The number of hydrogen-bond donors (Lipinski definition) is 1. The van der Waals surface area contributed by atoms with E-state index in [0.29, 0.717) is 25.7 Å². The van der Waals surface area contributed by atoms with Gasteiger partial charge in [-0.1, -0.05) is 148 Å². The largest absolute Gasteiger partial charge is 0.462 e. The zero-order valence-electron chi connectivity index (χ0n) is 33.4. The lowest BCUT2D eigenvalue weighted by molar-refractivity contribution is -0.161. The third kappa shape index (κ3) is 31.4. The van der Waals surface area contributed by atoms with E-state index in [1.165, 1.54) is 57.8 Å². The molecule has 0 unspecified atom stereocenters. The summed E-state index contributed by atoms with van der Waals surface area (Å²) in [5.41, 5.74) is 0. The van der Waals surface area contributed by atoms with Gasteiger partial charge in [0.05, 0.1) is 6.61 Å². The minimum atomic E-state index is -2.99. The molecule has 0 amide bonds. The second kappa shape index (κ2) is 33.1. The van der Waals surface area contributed by atoms with Crippen LogP contribution < -0.4 is 0 Å². The second-order valence-electron chi connectivity index (χ2n) is 11.3. The zero-order valence-corrected chi connectivity index (χ0v) is 26.4. The summed E-state index contributed by atoms with van der Waals surface area (Å²) < 4.78 is 63.2. The van der Waals surface area contributed by atoms with Crippen molar-refractivity contribution < 1.29 is 33.8 Å². The Kier molecular flexibility index (Phi) is 23.0. The van der Waals surface area contributed by atoms with Gasteiger partial charge in [-0.05, 0) is 38.5 Å². The molecule has 1 N–H and O–H groups in total. The quantitative estimate of drug-likeness (QED) is 0.0481. The molecule has 242 valence electrons. The smallest absolute Gasteiger partial charge is 0.306 e. The summed E-state index contributed by atoms with van der Waals surface area (Å²) in [6.45, 7) is -1.24. The average molecular weight is 588 g/mol. The molecule has 0 fully saturated rings. The highest BCUT2D eigenvalue weighted by molar-refractivity contribution is 5.70. The van der Waals surface area contributed by atoms with E-state index in [2.05, 4.69) is 19.1 Å². The van der Waals surface area contributed by atoms with E-state index in [9.17, 15) is 14.7 Å². The maximum Gasteiger partial charge on any atom is 0.306 e. The highest BCUT2D eigenvalue weighted by Crippen LogP contribution is 2.13. The number of hydrogen-bond acceptors (Lipinski definition) is 5. The van der Waals surface area contributed by atoms with Crippen molar-refractivity contribution in [3.8, 4) is 0 Å². The summed E-state index contributed by atoms with van der Waals surface area (Å²) >= 11 is 0. The van der Waals surface area contributed by atoms with Crippen LogP contribution in [0.5, 0.6) is 0 Å². The Morgan fingerprint density at radius 3 is 1.66 bits per heavy atom. The van der Waals surface area contributed by atoms with Crippen molar-refractivity contribution in [1.82, 2.24) is 0 Å². The van der Waals surface area contributed by atoms with Gasteiger partial charge in [-0.15, -0.1) is 0 Å². The number of aliphatic hydroxyl groups excluding tert-OH is 1. The number of ether oxygens (including phenoxy) is 2. The summed E-state index contributed by atoms with van der Waals surface area (Å²) in [6, 6.07) is 0. The number of carbonyl (C=O) groups is 2. The average Bonchev–Trinajstić information content (AvgIpc) is 3.02. The number of unbranched alkanes of at least 4 members (excludes halogenated alkanes) is 19. The molecule has 0 aromatic rings. The van der Waals surface area contributed by atoms with Gasteiger partial charge < -0.3 is 14.6 Å². The summed E-state index contributed by atoms with van der Waals surface area (Å²) in [6.07, 6.45) is 21.9. The minimum absolute atomic E-state index is 0.114. The molecule has 0 aromatic heterocycles. The molecule has 0 saturated carbocycles. The van der Waals surface area contributed by atoms with Crippen LogP contribution in [0.2, 0.25) is 0 Å². The number of carbonyl (C=O) groups excluding carboxylic acids is 2. The molecule has 0 saturated heterocycles. The fourth-order valence-corrected chi connectivity index (χ4v) is 4.75. The third-order valence-electron chi connectivity index (χ3n) is 7.35. The van der Waals surface area contributed by atoms with Crippen molar-refractivity contribution in [3.05, 3.63) is 12.2 Å². The first-order valence-electron chi connectivity index (χ1n) is 20.4. The number of allylic oxidation sites excluding steroid dienone is 2. The topological polar surface area (TPSA) is 72.8 Å². The van der Waals surface area contributed by atoms with Crippen molar-refractivity contribution in [3.63, 3.8) is 0 Å². The Bertz CT molecular complexity index is 834. The van der Waals surface area contributed by atoms with Gasteiger partial charge in [0.2, 0.25) is 0 Å². The molecule has 0 aromatic carbocycles. The van der Waals surface area contributed by atoms with E-state index in [-0.39, 0.29) is 38.0 Å². The molecule has 5 nitrogen and oxygen atoms in total. The standard InChI is InChI=1S/C36H68O5/c1-3-5-7-9-11-13-15-17-18-19-21-23-25-27-29-31-36(39)41-34(32-37)33-40-35(38)30-28-26-24-22-20-16-14-12-10-8-6-4-2/h17-18,34,37H,3-16,19-33H2,1-2H3/b18-17+/t34-/m0/s1/i1D3,3D2,5D2. The van der Waals surface area contributed by atoms with Crippen molar-refractivity contribution in [2.45, 2.75) is 193 Å². The molecule has 0 aliphatic rings. The van der Waals surface area contributed by atoms with Crippen molar-refractivity contribution in [2.75, 3.05) is 13.2 Å². The van der Waals surface area contributed by atoms with Gasteiger partial charge in [0.1, 0.15) is 6.61 Å². The van der Waals surface area contributed by atoms with Crippen LogP contribution in [0.4, 0.5) is 0 Å². The van der Waals surface area contributed by atoms with Gasteiger partial charge in [0.15, 0.2) is 6.10 Å². The van der Waals surface area contributed by atoms with Crippen LogP contribution in [0.25, 0.3) is 0 Å². The van der Waals surface area contributed by atoms with Gasteiger partial charge >= 0.3 is 11.9 Å². The lowest BCUT2D eigenvalue weighted by Crippen LogP contribution is -2.28. The van der Waals surface area contributed by atoms with Gasteiger partial charge in [-0.25, -0.2) is 0 Å². The fourth-order valence-electron chi connectivity index (χ4n) is 4.75. The molecule has 0 rings (SSSR count). The molecule has 0 aliphatic carbocycles. The maximum absolute atomic E-state index is 12.1. The Morgan fingerprint density at radius 2 is 1.15 bits per heavy atom. The monoisotopic (exact) mass is 588 g/mol. The van der Waals surface area contributed by atoms with Gasteiger partial charge in [0.25, 0.3) is 0 Å². The van der Waals surface area contributed by atoms with E-state index in [1.54, 1.807) is 0 Å². The Labute approximate surface area is 264 Å². The predicted octanol–water partition coefficient (Wildman–Crippen LogP) is 10.6. The van der Waals surface area contributed by atoms with E-state index in [0.717, 1.165) is 64.2 Å². The molecule has 0 aliphatic heterocycles. The minimum Gasteiger partial charge on any atom is -0.462 e. The van der Waals surface area contributed by atoms with Crippen LogP contribution in [-0.4, -0.2) is 36.4 Å². The molecular weight excluding hydrogens is 512 g/mol. The lowest BCUT2D eigenvalue weighted by atomic mass is 10.0. The van der Waals surface area contributed by atoms with Crippen LogP contribution >= 0.6 is 0 Å². The normalized spacial score (nSPS) is 15.7. The third-order valence-corrected chi connectivity index (χ3v) is 7.35. The van der Waals surface area contributed by atoms with Crippen molar-refractivity contribution in [2.24, 2.45) is 0 Å². The summed E-state index contributed by atoms with van der Waals surface area (Å²) in [5, 5.41) is 9.52. The Morgan fingerprint density at radius 1 is 0.683 bits per heavy atom. The van der Waals surface area contributed by atoms with Crippen LogP contribution in [0.1, 0.15) is 197 Å². The molecule has 41 heavy (non-hydrogen) atoms. The van der Waals surface area contributed by atoms with E-state index in [1.807, 2.05) is 0 Å². The molecule has 0 spiro atoms. The van der Waals surface area contributed by atoms with E-state index in [4.69, 9.17) is 19.1 Å². The first-order valence-corrected chi connectivity index (χ1v) is 16.9. The summed E-state index contributed by atoms with van der Waals surface area (Å²) in [7, 11) is 0. The van der Waals surface area contributed by atoms with E-state index >= 15 is 0 Å². The SMILES string of the molecule is [2H]C([2H])([2H])C([2H])([2H])C([2H])([2H])CCCCC/C=C/CCCCCCCC(=O)O[C@@H](CO)COC(=O)CCCCCCCCCCCCCC. The molecule has 5 heteroatoms. The summed E-state index contributed by atoms with van der Waals surface area (Å²) in [4.78, 5) is 24.2. The maximum atomic E-state index is 12.1. The zero-order chi connectivity index (χ0) is 36.2. The molecule has 1 atom stereocenters. The fraction of sp³-hybridized carbons (Fsp3) is 0.889. The van der Waals surface area contributed by atoms with Crippen LogP contribution in [0.15, 0.2) is 12.2 Å². The van der Waals surface area contributed by atoms with Gasteiger partial charge in [-0.3, -0.25) is 9.59 Å². The molecule has 0 heterocycles. The lowest BCUT2D eigenvalue weighted by Gasteiger charge is -2.15. The second-order valence-corrected chi connectivity index (χ2v) is 11.3. The van der Waals surface area contributed by atoms with Crippen molar-refractivity contribution >= 4 is 11.9 Å². The first kappa shape index (κ1) is 28.4. The van der Waals surface area contributed by atoms with E-state index < -0.39 is 25.7 Å². The molecular formula is C36H68O5. The van der Waals surface area contributed by atoms with Crippen LogP contribution in [0.3, 0.4) is 0 Å². The number of esters is 2. The van der Waals surface area contributed by atoms with Crippen LogP contribution in [-0.2, 0) is 19.1 Å². The van der Waals surface area contributed by atoms with Gasteiger partial charge in [0, 0.05) is 22.4 Å². The number of rotatable bonds is 32. The number of aliphatic hydroxyl groups is 1. The van der Waals surface area contributed by atoms with Gasteiger partial charge in [-0.2, -0.15) is 0 Å². The summed E-state index contributed by atoms with van der Waals surface area (Å²) in [5.74, 6) is -0.703. The van der Waals surface area contributed by atoms with Crippen LogP contribution in [0, 0.1) is 0 Å². The Hall–Kier alpha value is -1.36. The Balaban J connectivity index is 3.72. The highest BCUT2D eigenvalue weighted by Gasteiger charge is 2.16.